The molecule has 0 radical (unpaired) electrons. The Labute approximate surface area is 99.8 Å². The Kier molecular flexibility index (Phi) is 4.74. The quantitative estimate of drug-likeness (QED) is 0.810. The minimum absolute atomic E-state index is 0.0227. The molecular formula is C12H15ClFNO. The smallest absolute Gasteiger partial charge is 0.251 e. The molecule has 1 aromatic carbocycles. The number of nitrogens with one attached hydrogen (secondary N) is 1. The number of benzene rings is 1. The Hall–Kier alpha value is -1.09. The van der Waals surface area contributed by atoms with Gasteiger partial charge in [0.25, 0.3) is 5.91 Å². The topological polar surface area (TPSA) is 29.1 Å². The fraction of sp³-hybridized carbons (Fsp3) is 0.417. The number of aryl methyl sites for hydroxylation is 1. The molecule has 2 nitrogen and oxygen atoms in total. The molecule has 0 saturated heterocycles. The van der Waals surface area contributed by atoms with E-state index in [1.165, 1.54) is 12.1 Å². The minimum Gasteiger partial charge on any atom is -0.352 e. The zero-order valence-corrected chi connectivity index (χ0v) is 10.1. The molecule has 0 saturated carbocycles. The first-order chi connectivity index (χ1) is 7.49. The summed E-state index contributed by atoms with van der Waals surface area (Å²) in [6.07, 6.45) is 0.696. The van der Waals surface area contributed by atoms with Gasteiger partial charge in [-0.3, -0.25) is 4.79 Å². The number of carbonyl (C=O) groups is 1. The van der Waals surface area contributed by atoms with E-state index in [2.05, 4.69) is 5.32 Å². The molecule has 0 aliphatic rings. The summed E-state index contributed by atoms with van der Waals surface area (Å²) in [6.45, 7) is 4.11. The summed E-state index contributed by atoms with van der Waals surface area (Å²) < 4.78 is 13.0. The molecule has 88 valence electrons. The molecule has 1 rings (SSSR count). The van der Waals surface area contributed by atoms with Gasteiger partial charge >= 0.3 is 0 Å². The van der Waals surface area contributed by atoms with Gasteiger partial charge in [-0.25, -0.2) is 4.39 Å². The first-order valence-electron chi connectivity index (χ1n) is 5.18. The highest BCUT2D eigenvalue weighted by Crippen LogP contribution is 2.08. The van der Waals surface area contributed by atoms with Crippen molar-refractivity contribution >= 4 is 17.5 Å². The number of halogens is 2. The summed E-state index contributed by atoms with van der Waals surface area (Å²) in [7, 11) is 0. The van der Waals surface area contributed by atoms with Gasteiger partial charge in [0.1, 0.15) is 5.82 Å². The lowest BCUT2D eigenvalue weighted by molar-refractivity contribution is 0.0952. The molecule has 1 atom stereocenters. The second-order valence-corrected chi connectivity index (χ2v) is 4.59. The highest BCUT2D eigenvalue weighted by atomic mass is 35.5. The number of rotatable bonds is 4. The lowest BCUT2D eigenvalue weighted by atomic mass is 10.1. The Bertz CT molecular complexity index is 359. The van der Waals surface area contributed by atoms with Gasteiger partial charge in [-0.05, 0) is 44.0 Å². The third kappa shape index (κ3) is 4.19. The summed E-state index contributed by atoms with van der Waals surface area (Å²) in [4.78, 5) is 11.6. The summed E-state index contributed by atoms with van der Waals surface area (Å²) in [5, 5.41) is 2.72. The molecule has 0 heterocycles. The van der Waals surface area contributed by atoms with E-state index in [-0.39, 0.29) is 11.3 Å². The molecule has 0 aliphatic carbocycles. The van der Waals surface area contributed by atoms with E-state index < -0.39 is 5.82 Å². The second-order valence-electron chi connectivity index (χ2n) is 3.84. The van der Waals surface area contributed by atoms with Crippen LogP contribution in [0.4, 0.5) is 4.39 Å². The van der Waals surface area contributed by atoms with Crippen LogP contribution >= 0.6 is 11.6 Å². The average Bonchev–Trinajstić information content (AvgIpc) is 2.15. The van der Waals surface area contributed by atoms with Crippen LogP contribution in [0.25, 0.3) is 0 Å². The maximum atomic E-state index is 13.0. The van der Waals surface area contributed by atoms with E-state index in [0.717, 1.165) is 5.56 Å². The van der Waals surface area contributed by atoms with Gasteiger partial charge in [0, 0.05) is 17.5 Å². The highest BCUT2D eigenvalue weighted by Gasteiger charge is 2.07. The Morgan fingerprint density at radius 1 is 1.50 bits per heavy atom. The largest absolute Gasteiger partial charge is 0.352 e. The molecule has 1 aromatic rings. The minimum atomic E-state index is -0.393. The van der Waals surface area contributed by atoms with E-state index >= 15 is 0 Å². The molecule has 0 spiro atoms. The van der Waals surface area contributed by atoms with Gasteiger partial charge in [0.15, 0.2) is 0 Å². The second kappa shape index (κ2) is 5.85. The van der Waals surface area contributed by atoms with Gasteiger partial charge < -0.3 is 5.32 Å². The number of amides is 1. The van der Waals surface area contributed by atoms with Crippen LogP contribution < -0.4 is 5.32 Å². The van der Waals surface area contributed by atoms with E-state index in [0.29, 0.717) is 18.5 Å². The van der Waals surface area contributed by atoms with Crippen molar-refractivity contribution in [3.8, 4) is 0 Å². The first-order valence-corrected chi connectivity index (χ1v) is 5.62. The SMILES string of the molecule is Cc1cc(F)cc(C(=O)NCCC(C)Cl)c1. The van der Waals surface area contributed by atoms with Gasteiger partial charge in [-0.2, -0.15) is 0 Å². The van der Waals surface area contributed by atoms with Crippen LogP contribution in [0.1, 0.15) is 29.3 Å². The van der Waals surface area contributed by atoms with Crippen molar-refractivity contribution < 1.29 is 9.18 Å². The fourth-order valence-electron chi connectivity index (χ4n) is 1.35. The van der Waals surface area contributed by atoms with E-state index in [1.807, 2.05) is 6.92 Å². The molecule has 16 heavy (non-hydrogen) atoms. The van der Waals surface area contributed by atoms with Crippen LogP contribution in [-0.2, 0) is 0 Å². The lowest BCUT2D eigenvalue weighted by Gasteiger charge is -2.07. The van der Waals surface area contributed by atoms with Crippen molar-refractivity contribution in [1.82, 2.24) is 5.32 Å². The summed E-state index contributed by atoms with van der Waals surface area (Å²) in [6, 6.07) is 4.27. The van der Waals surface area contributed by atoms with E-state index in [9.17, 15) is 9.18 Å². The van der Waals surface area contributed by atoms with Crippen molar-refractivity contribution in [3.63, 3.8) is 0 Å². The third-order valence-corrected chi connectivity index (χ3v) is 2.35. The molecule has 1 unspecified atom stereocenters. The van der Waals surface area contributed by atoms with E-state index in [4.69, 9.17) is 11.6 Å². The Morgan fingerprint density at radius 3 is 2.75 bits per heavy atom. The van der Waals surface area contributed by atoms with Crippen LogP contribution in [-0.4, -0.2) is 17.8 Å². The molecule has 0 bridgehead atoms. The van der Waals surface area contributed by atoms with E-state index in [1.54, 1.807) is 13.0 Å². The van der Waals surface area contributed by atoms with Crippen LogP contribution in [0.2, 0.25) is 0 Å². The first kappa shape index (κ1) is 13.0. The number of hydrogen-bond donors (Lipinski definition) is 1. The average molecular weight is 244 g/mol. The summed E-state index contributed by atoms with van der Waals surface area (Å²) >= 11 is 5.75. The zero-order chi connectivity index (χ0) is 12.1. The third-order valence-electron chi connectivity index (χ3n) is 2.13. The van der Waals surface area contributed by atoms with Crippen molar-refractivity contribution in [1.29, 1.82) is 0 Å². The van der Waals surface area contributed by atoms with Crippen LogP contribution in [0, 0.1) is 12.7 Å². The summed E-state index contributed by atoms with van der Waals surface area (Å²) in [5.74, 6) is -0.657. The molecule has 0 aliphatic heterocycles. The fourth-order valence-corrected chi connectivity index (χ4v) is 1.46. The van der Waals surface area contributed by atoms with Crippen molar-refractivity contribution in [2.24, 2.45) is 0 Å². The predicted octanol–water partition coefficient (Wildman–Crippen LogP) is 2.88. The normalized spacial score (nSPS) is 12.2. The maximum Gasteiger partial charge on any atom is 0.251 e. The molecule has 1 amide bonds. The van der Waals surface area contributed by atoms with Crippen LogP contribution in [0.3, 0.4) is 0 Å². The van der Waals surface area contributed by atoms with Crippen LogP contribution in [0.5, 0.6) is 0 Å². The monoisotopic (exact) mass is 243 g/mol. The Balaban J connectivity index is 2.59. The molecule has 0 aromatic heterocycles. The van der Waals surface area contributed by atoms with Crippen molar-refractivity contribution in [2.75, 3.05) is 6.54 Å². The van der Waals surface area contributed by atoms with Gasteiger partial charge in [0.2, 0.25) is 0 Å². The van der Waals surface area contributed by atoms with Gasteiger partial charge in [-0.1, -0.05) is 0 Å². The molecule has 4 heteroatoms. The van der Waals surface area contributed by atoms with Crippen molar-refractivity contribution in [3.05, 3.63) is 35.1 Å². The number of hydrogen-bond acceptors (Lipinski definition) is 1. The van der Waals surface area contributed by atoms with Gasteiger partial charge in [0.05, 0.1) is 0 Å². The standard InChI is InChI=1S/C12H15ClFNO/c1-8-5-10(7-11(14)6-8)12(16)15-4-3-9(2)13/h5-7,9H,3-4H2,1-2H3,(H,15,16). The van der Waals surface area contributed by atoms with Crippen molar-refractivity contribution in [2.45, 2.75) is 25.6 Å². The molecular weight excluding hydrogens is 229 g/mol. The Morgan fingerprint density at radius 2 is 2.19 bits per heavy atom. The zero-order valence-electron chi connectivity index (χ0n) is 9.39. The number of alkyl halides is 1. The summed E-state index contributed by atoms with van der Waals surface area (Å²) in [5.41, 5.74) is 1.08. The number of carbonyl (C=O) groups excluding carboxylic acids is 1. The van der Waals surface area contributed by atoms with Crippen LogP contribution in [0.15, 0.2) is 18.2 Å². The molecule has 0 fully saturated rings. The maximum absolute atomic E-state index is 13.0. The van der Waals surface area contributed by atoms with Gasteiger partial charge in [-0.15, -0.1) is 11.6 Å². The predicted molar refractivity (Wildman–Crippen MR) is 63.4 cm³/mol. The lowest BCUT2D eigenvalue weighted by Crippen LogP contribution is -2.25. The highest BCUT2D eigenvalue weighted by molar-refractivity contribution is 6.20. The molecule has 1 N–H and O–H groups in total.